The number of unbranched alkanes of at least 4 members (excludes halogenated alkanes) is 1. The topological polar surface area (TPSA) is 20.2 Å². The molecular formula is C29H54O. The van der Waals surface area contributed by atoms with Crippen molar-refractivity contribution in [2.75, 3.05) is 0 Å². The highest BCUT2D eigenvalue weighted by atomic mass is 16.3. The third kappa shape index (κ3) is 4.67. The fraction of sp³-hybridized carbons (Fsp3) is 1.00. The highest BCUT2D eigenvalue weighted by Crippen LogP contribution is 2.67. The standard InChI is InChI=1S/C27H48O.C2H6/c1-25(2,3)15-7-6-8-19-10-12-23-22-11-9-20-18-21(28)13-16-27(20,5)24(22)14-17-26(19,23)4;1-2/h19-24,28H,6-18H2,1-5H3;1-2H3/t19-,20?,21-,22-,23?,24?,26?,27?;/m0./s1. The fourth-order valence-corrected chi connectivity index (χ4v) is 8.86. The quantitative estimate of drug-likeness (QED) is 0.453. The van der Waals surface area contributed by atoms with Crippen LogP contribution in [-0.4, -0.2) is 11.2 Å². The molecule has 5 unspecified atom stereocenters. The average molecular weight is 419 g/mol. The average Bonchev–Trinajstić information content (AvgIpc) is 3.03. The lowest BCUT2D eigenvalue weighted by molar-refractivity contribution is -0.127. The van der Waals surface area contributed by atoms with E-state index in [0.29, 0.717) is 16.2 Å². The van der Waals surface area contributed by atoms with Crippen LogP contribution in [0.1, 0.15) is 132 Å². The second kappa shape index (κ2) is 9.44. The molecule has 0 spiro atoms. The van der Waals surface area contributed by atoms with Crippen molar-refractivity contribution in [3.05, 3.63) is 0 Å². The molecule has 1 N–H and O–H groups in total. The third-order valence-corrected chi connectivity index (χ3v) is 10.6. The van der Waals surface area contributed by atoms with Crippen LogP contribution in [0.3, 0.4) is 0 Å². The van der Waals surface area contributed by atoms with Gasteiger partial charge >= 0.3 is 0 Å². The molecule has 30 heavy (non-hydrogen) atoms. The van der Waals surface area contributed by atoms with Gasteiger partial charge in [-0.05, 0) is 116 Å². The van der Waals surface area contributed by atoms with Crippen molar-refractivity contribution >= 4 is 0 Å². The number of hydrogen-bond donors (Lipinski definition) is 1. The first-order chi connectivity index (χ1) is 14.1. The maximum absolute atomic E-state index is 10.2. The molecule has 1 nitrogen and oxygen atoms in total. The molecule has 4 rings (SSSR count). The van der Waals surface area contributed by atoms with Gasteiger partial charge in [-0.3, -0.25) is 0 Å². The molecule has 4 aliphatic carbocycles. The van der Waals surface area contributed by atoms with E-state index in [1.807, 2.05) is 13.8 Å². The maximum Gasteiger partial charge on any atom is 0.0543 e. The van der Waals surface area contributed by atoms with Crippen molar-refractivity contribution in [2.45, 2.75) is 138 Å². The maximum atomic E-state index is 10.2. The largest absolute Gasteiger partial charge is 0.393 e. The minimum absolute atomic E-state index is 0.00700. The molecule has 0 heterocycles. The number of aliphatic hydroxyl groups excluding tert-OH is 1. The van der Waals surface area contributed by atoms with Crippen LogP contribution in [-0.2, 0) is 0 Å². The Hall–Kier alpha value is -0.0400. The number of rotatable bonds is 4. The lowest BCUT2D eigenvalue weighted by atomic mass is 9.44. The summed E-state index contributed by atoms with van der Waals surface area (Å²) in [4.78, 5) is 0. The van der Waals surface area contributed by atoms with Gasteiger partial charge in [0.25, 0.3) is 0 Å². The van der Waals surface area contributed by atoms with Crippen LogP contribution in [0.2, 0.25) is 0 Å². The molecule has 4 saturated carbocycles. The van der Waals surface area contributed by atoms with E-state index in [-0.39, 0.29) is 6.10 Å². The molecule has 1 heteroatoms. The molecule has 0 amide bonds. The fourth-order valence-electron chi connectivity index (χ4n) is 8.86. The molecule has 8 atom stereocenters. The van der Waals surface area contributed by atoms with E-state index in [0.717, 1.165) is 42.4 Å². The summed E-state index contributed by atoms with van der Waals surface area (Å²) in [5, 5.41) is 10.2. The van der Waals surface area contributed by atoms with Crippen LogP contribution in [0.4, 0.5) is 0 Å². The van der Waals surface area contributed by atoms with E-state index in [4.69, 9.17) is 0 Å². The van der Waals surface area contributed by atoms with Gasteiger partial charge in [0.1, 0.15) is 0 Å². The summed E-state index contributed by atoms with van der Waals surface area (Å²) >= 11 is 0. The van der Waals surface area contributed by atoms with Gasteiger partial charge in [0.2, 0.25) is 0 Å². The Morgan fingerprint density at radius 2 is 1.47 bits per heavy atom. The Labute approximate surface area is 189 Å². The monoisotopic (exact) mass is 418 g/mol. The van der Waals surface area contributed by atoms with Crippen molar-refractivity contribution in [3.8, 4) is 0 Å². The van der Waals surface area contributed by atoms with Crippen molar-refractivity contribution in [1.82, 2.24) is 0 Å². The van der Waals surface area contributed by atoms with Crippen molar-refractivity contribution < 1.29 is 5.11 Å². The zero-order valence-corrected chi connectivity index (χ0v) is 21.6. The second-order valence-corrected chi connectivity index (χ2v) is 13.2. The highest BCUT2D eigenvalue weighted by molar-refractivity contribution is 5.09. The SMILES string of the molecule is CC.CC(C)(C)CCCC[C@H]1CCC2[C@@H]3CCC4C[C@@H](O)CCC4(C)C3CCC21C. The molecule has 0 saturated heterocycles. The lowest BCUT2D eigenvalue weighted by Crippen LogP contribution is -2.53. The van der Waals surface area contributed by atoms with E-state index >= 15 is 0 Å². The second-order valence-electron chi connectivity index (χ2n) is 13.2. The number of hydrogen-bond acceptors (Lipinski definition) is 1. The molecule has 0 aromatic heterocycles. The minimum atomic E-state index is -0.00700. The van der Waals surface area contributed by atoms with E-state index in [1.165, 1.54) is 70.6 Å². The summed E-state index contributed by atoms with van der Waals surface area (Å²) in [7, 11) is 0. The van der Waals surface area contributed by atoms with E-state index in [9.17, 15) is 5.11 Å². The molecular weight excluding hydrogens is 364 g/mol. The molecule has 0 aliphatic heterocycles. The summed E-state index contributed by atoms with van der Waals surface area (Å²) in [5.41, 5.74) is 1.68. The Balaban J connectivity index is 0.00000124. The molecule has 0 aromatic rings. The first-order valence-corrected chi connectivity index (χ1v) is 13.8. The normalized spacial score (nSPS) is 45.6. The van der Waals surface area contributed by atoms with Gasteiger partial charge in [0.05, 0.1) is 6.10 Å². The predicted octanol–water partition coefficient (Wildman–Crippen LogP) is 8.64. The first kappa shape index (κ1) is 24.6. The summed E-state index contributed by atoms with van der Waals surface area (Å²) in [6.45, 7) is 16.5. The van der Waals surface area contributed by atoms with Crippen LogP contribution in [0.15, 0.2) is 0 Å². The van der Waals surface area contributed by atoms with Crippen molar-refractivity contribution in [2.24, 2.45) is 45.8 Å². The van der Waals surface area contributed by atoms with Crippen molar-refractivity contribution in [3.63, 3.8) is 0 Å². The van der Waals surface area contributed by atoms with Crippen LogP contribution in [0.5, 0.6) is 0 Å². The summed E-state index contributed by atoms with van der Waals surface area (Å²) in [6, 6.07) is 0. The summed E-state index contributed by atoms with van der Waals surface area (Å²) in [6.07, 6.45) is 18.1. The smallest absolute Gasteiger partial charge is 0.0543 e. The molecule has 4 fully saturated rings. The predicted molar refractivity (Wildman–Crippen MR) is 130 cm³/mol. The molecule has 0 bridgehead atoms. The molecule has 0 aromatic carbocycles. The number of aliphatic hydroxyl groups is 1. The molecule has 176 valence electrons. The van der Waals surface area contributed by atoms with E-state index in [1.54, 1.807) is 0 Å². The van der Waals surface area contributed by atoms with Crippen LogP contribution < -0.4 is 0 Å². The van der Waals surface area contributed by atoms with Gasteiger partial charge in [0, 0.05) is 0 Å². The Bertz CT molecular complexity index is 547. The molecule has 4 aliphatic rings. The van der Waals surface area contributed by atoms with E-state index < -0.39 is 0 Å². The van der Waals surface area contributed by atoms with Gasteiger partial charge < -0.3 is 5.11 Å². The van der Waals surface area contributed by atoms with Crippen LogP contribution in [0.25, 0.3) is 0 Å². The van der Waals surface area contributed by atoms with Gasteiger partial charge in [-0.1, -0.05) is 61.3 Å². The summed E-state index contributed by atoms with van der Waals surface area (Å²) < 4.78 is 0. The zero-order chi connectivity index (χ0) is 22.2. The first-order valence-electron chi connectivity index (χ1n) is 13.8. The van der Waals surface area contributed by atoms with Gasteiger partial charge in [-0.2, -0.15) is 0 Å². The number of fused-ring (bicyclic) bond motifs is 5. The van der Waals surface area contributed by atoms with Gasteiger partial charge in [-0.15, -0.1) is 0 Å². The third-order valence-electron chi connectivity index (χ3n) is 10.6. The summed E-state index contributed by atoms with van der Waals surface area (Å²) in [5.74, 6) is 4.75. The zero-order valence-electron chi connectivity index (χ0n) is 21.6. The van der Waals surface area contributed by atoms with Crippen molar-refractivity contribution in [1.29, 1.82) is 0 Å². The Kier molecular flexibility index (Phi) is 7.74. The van der Waals surface area contributed by atoms with Crippen LogP contribution >= 0.6 is 0 Å². The van der Waals surface area contributed by atoms with Gasteiger partial charge in [0.15, 0.2) is 0 Å². The lowest BCUT2D eigenvalue weighted by Gasteiger charge is -2.61. The highest BCUT2D eigenvalue weighted by Gasteiger charge is 2.59. The Morgan fingerprint density at radius 1 is 0.800 bits per heavy atom. The van der Waals surface area contributed by atoms with E-state index in [2.05, 4.69) is 34.6 Å². The minimum Gasteiger partial charge on any atom is -0.393 e. The van der Waals surface area contributed by atoms with Crippen LogP contribution in [0, 0.1) is 45.8 Å². The molecule has 0 radical (unpaired) electrons. The van der Waals surface area contributed by atoms with Gasteiger partial charge in [-0.25, -0.2) is 0 Å². The Morgan fingerprint density at radius 3 is 2.17 bits per heavy atom.